The summed E-state index contributed by atoms with van der Waals surface area (Å²) in [7, 11) is 0. The fraction of sp³-hybridized carbons (Fsp3) is 0.857. The predicted octanol–water partition coefficient (Wildman–Crippen LogP) is 0.0169. The minimum atomic E-state index is -0.00775. The number of hydrogen-bond acceptors (Lipinski definition) is 3. The molecular weight excluding hydrogens is 242 g/mol. The second-order valence-corrected chi connectivity index (χ2v) is 6.10. The first-order chi connectivity index (χ1) is 9.25. The Labute approximate surface area is 113 Å². The quantitative estimate of drug-likeness (QED) is 0.614. The van der Waals surface area contributed by atoms with Gasteiger partial charge in [-0.15, -0.1) is 0 Å². The first-order valence-electron chi connectivity index (χ1n) is 7.54. The molecule has 0 bridgehead atoms. The molecule has 5 nitrogen and oxygen atoms in total. The van der Waals surface area contributed by atoms with Gasteiger partial charge in [0.2, 0.25) is 11.8 Å². The number of amides is 2. The number of hydrogen-bond donors (Lipinski definition) is 3. The maximum atomic E-state index is 12.1. The lowest BCUT2D eigenvalue weighted by atomic mass is 9.94. The average molecular weight is 265 g/mol. The SMILES string of the molecule is O=C(NCCNC(=O)C1NCC2CCCC21)C1CC1. The van der Waals surface area contributed by atoms with Gasteiger partial charge >= 0.3 is 0 Å². The summed E-state index contributed by atoms with van der Waals surface area (Å²) in [5, 5.41) is 9.14. The van der Waals surface area contributed by atoms with Crippen LogP contribution in [0.1, 0.15) is 32.1 Å². The van der Waals surface area contributed by atoms with E-state index in [2.05, 4.69) is 16.0 Å². The molecule has 0 aromatic rings. The first-order valence-corrected chi connectivity index (χ1v) is 7.54. The van der Waals surface area contributed by atoms with Crippen molar-refractivity contribution in [2.45, 2.75) is 38.1 Å². The molecular formula is C14H23N3O2. The van der Waals surface area contributed by atoms with Crippen LogP contribution in [0, 0.1) is 17.8 Å². The highest BCUT2D eigenvalue weighted by molar-refractivity contribution is 5.83. The molecule has 0 radical (unpaired) electrons. The fourth-order valence-electron chi connectivity index (χ4n) is 3.45. The van der Waals surface area contributed by atoms with Crippen LogP contribution in [-0.2, 0) is 9.59 Å². The van der Waals surface area contributed by atoms with E-state index < -0.39 is 0 Å². The third-order valence-corrected chi connectivity index (χ3v) is 4.70. The lowest BCUT2D eigenvalue weighted by Gasteiger charge is -2.17. The molecule has 3 fully saturated rings. The summed E-state index contributed by atoms with van der Waals surface area (Å²) in [5.41, 5.74) is 0. The summed E-state index contributed by atoms with van der Waals surface area (Å²) < 4.78 is 0. The third-order valence-electron chi connectivity index (χ3n) is 4.70. The number of rotatable bonds is 5. The Morgan fingerprint density at radius 1 is 1.00 bits per heavy atom. The molecule has 106 valence electrons. The van der Waals surface area contributed by atoms with Gasteiger partial charge in [-0.3, -0.25) is 9.59 Å². The van der Waals surface area contributed by atoms with Crippen molar-refractivity contribution in [2.75, 3.05) is 19.6 Å². The molecule has 3 unspecified atom stereocenters. The molecule has 3 aliphatic rings. The highest BCUT2D eigenvalue weighted by atomic mass is 16.2. The van der Waals surface area contributed by atoms with E-state index in [1.807, 2.05) is 0 Å². The number of nitrogens with one attached hydrogen (secondary N) is 3. The smallest absolute Gasteiger partial charge is 0.237 e. The van der Waals surface area contributed by atoms with Crippen molar-refractivity contribution in [3.63, 3.8) is 0 Å². The van der Waals surface area contributed by atoms with Crippen molar-refractivity contribution in [2.24, 2.45) is 17.8 Å². The number of fused-ring (bicyclic) bond motifs is 1. The minimum Gasteiger partial charge on any atom is -0.354 e. The molecule has 1 saturated heterocycles. The van der Waals surface area contributed by atoms with Crippen LogP contribution >= 0.6 is 0 Å². The molecule has 2 aliphatic carbocycles. The zero-order chi connectivity index (χ0) is 13.2. The predicted molar refractivity (Wildman–Crippen MR) is 71.4 cm³/mol. The molecule has 2 saturated carbocycles. The first kappa shape index (κ1) is 12.9. The van der Waals surface area contributed by atoms with Crippen LogP contribution in [0.25, 0.3) is 0 Å². The van der Waals surface area contributed by atoms with Crippen molar-refractivity contribution in [1.29, 1.82) is 0 Å². The minimum absolute atomic E-state index is 0.00775. The zero-order valence-electron chi connectivity index (χ0n) is 11.3. The van der Waals surface area contributed by atoms with E-state index in [9.17, 15) is 9.59 Å². The zero-order valence-corrected chi connectivity index (χ0v) is 11.3. The van der Waals surface area contributed by atoms with Crippen molar-refractivity contribution < 1.29 is 9.59 Å². The largest absolute Gasteiger partial charge is 0.354 e. The highest BCUT2D eigenvalue weighted by Crippen LogP contribution is 2.37. The molecule has 5 heteroatoms. The molecule has 2 amide bonds. The Balaban J connectivity index is 1.35. The lowest BCUT2D eigenvalue weighted by molar-refractivity contribution is -0.125. The van der Waals surface area contributed by atoms with Gasteiger partial charge in [-0.1, -0.05) is 6.42 Å². The Morgan fingerprint density at radius 2 is 1.74 bits per heavy atom. The van der Waals surface area contributed by atoms with Gasteiger partial charge in [-0.05, 0) is 44.1 Å². The Kier molecular flexibility index (Phi) is 3.73. The van der Waals surface area contributed by atoms with Crippen LogP contribution in [0.4, 0.5) is 0 Å². The molecule has 19 heavy (non-hydrogen) atoms. The van der Waals surface area contributed by atoms with Crippen molar-refractivity contribution >= 4 is 11.8 Å². The summed E-state index contributed by atoms with van der Waals surface area (Å²) in [6.07, 6.45) is 5.74. The van der Waals surface area contributed by atoms with E-state index in [0.717, 1.165) is 19.4 Å². The Hall–Kier alpha value is -1.10. The summed E-state index contributed by atoms with van der Waals surface area (Å²) in [5.74, 6) is 1.72. The molecule has 1 heterocycles. The van der Waals surface area contributed by atoms with Crippen LogP contribution in [-0.4, -0.2) is 37.5 Å². The molecule has 0 aromatic carbocycles. The third kappa shape index (κ3) is 2.91. The van der Waals surface area contributed by atoms with E-state index in [4.69, 9.17) is 0 Å². The standard InChI is InChI=1S/C14H23N3O2/c18-13(9-4-5-9)15-6-7-16-14(19)12-11-3-1-2-10(11)8-17-12/h9-12,17H,1-8H2,(H,15,18)(H,16,19). The van der Waals surface area contributed by atoms with E-state index >= 15 is 0 Å². The summed E-state index contributed by atoms with van der Waals surface area (Å²) in [6.45, 7) is 2.07. The average Bonchev–Trinajstić information content (AvgIpc) is 3.01. The van der Waals surface area contributed by atoms with Gasteiger partial charge in [-0.25, -0.2) is 0 Å². The molecule has 0 aromatic heterocycles. The molecule has 3 rings (SSSR count). The topological polar surface area (TPSA) is 70.2 Å². The summed E-state index contributed by atoms with van der Waals surface area (Å²) >= 11 is 0. The van der Waals surface area contributed by atoms with Crippen LogP contribution in [0.2, 0.25) is 0 Å². The van der Waals surface area contributed by atoms with Crippen molar-refractivity contribution in [1.82, 2.24) is 16.0 Å². The van der Waals surface area contributed by atoms with Crippen LogP contribution < -0.4 is 16.0 Å². The second kappa shape index (κ2) is 5.49. The van der Waals surface area contributed by atoms with E-state index in [0.29, 0.717) is 24.9 Å². The van der Waals surface area contributed by atoms with Crippen LogP contribution in [0.3, 0.4) is 0 Å². The fourth-order valence-corrected chi connectivity index (χ4v) is 3.45. The maximum Gasteiger partial charge on any atom is 0.237 e. The lowest BCUT2D eigenvalue weighted by Crippen LogP contribution is -2.46. The summed E-state index contributed by atoms with van der Waals surface area (Å²) in [6, 6.07) is -0.00775. The van der Waals surface area contributed by atoms with Gasteiger partial charge in [-0.2, -0.15) is 0 Å². The van der Waals surface area contributed by atoms with E-state index in [1.54, 1.807) is 0 Å². The normalized spacial score (nSPS) is 32.9. The van der Waals surface area contributed by atoms with Gasteiger partial charge in [0.25, 0.3) is 0 Å². The van der Waals surface area contributed by atoms with E-state index in [-0.39, 0.29) is 23.8 Å². The van der Waals surface area contributed by atoms with Gasteiger partial charge in [0.05, 0.1) is 6.04 Å². The van der Waals surface area contributed by atoms with Crippen LogP contribution in [0.15, 0.2) is 0 Å². The van der Waals surface area contributed by atoms with Crippen molar-refractivity contribution in [3.8, 4) is 0 Å². The monoisotopic (exact) mass is 265 g/mol. The van der Waals surface area contributed by atoms with Crippen LogP contribution in [0.5, 0.6) is 0 Å². The highest BCUT2D eigenvalue weighted by Gasteiger charge is 2.42. The van der Waals surface area contributed by atoms with Gasteiger partial charge in [0.15, 0.2) is 0 Å². The number of carbonyl (C=O) groups excluding carboxylic acids is 2. The van der Waals surface area contributed by atoms with Gasteiger partial charge in [0, 0.05) is 19.0 Å². The Morgan fingerprint density at radius 3 is 2.47 bits per heavy atom. The molecule has 1 aliphatic heterocycles. The summed E-state index contributed by atoms with van der Waals surface area (Å²) in [4.78, 5) is 23.5. The van der Waals surface area contributed by atoms with Crippen molar-refractivity contribution in [3.05, 3.63) is 0 Å². The Bertz CT molecular complexity index is 368. The van der Waals surface area contributed by atoms with E-state index in [1.165, 1.54) is 19.3 Å². The maximum absolute atomic E-state index is 12.1. The molecule has 3 N–H and O–H groups in total. The molecule has 3 atom stereocenters. The van der Waals surface area contributed by atoms with Gasteiger partial charge < -0.3 is 16.0 Å². The van der Waals surface area contributed by atoms with Gasteiger partial charge in [0.1, 0.15) is 0 Å². The number of carbonyl (C=O) groups is 2. The molecule has 0 spiro atoms. The second-order valence-electron chi connectivity index (χ2n) is 6.10.